The van der Waals surface area contributed by atoms with Crippen molar-refractivity contribution in [3.05, 3.63) is 152 Å². The number of nitrogens with one attached hydrogen (secondary N) is 1. The van der Waals surface area contributed by atoms with E-state index in [-0.39, 0.29) is 0 Å². The molecule has 1 N–H and O–H groups in total. The Morgan fingerprint density at radius 2 is 1.37 bits per heavy atom. The average Bonchev–Trinajstić information content (AvgIpc) is 3.40. The summed E-state index contributed by atoms with van der Waals surface area (Å²) in [6, 6.07) is 41.9. The van der Waals surface area contributed by atoms with Gasteiger partial charge in [0.25, 0.3) is 0 Å². The van der Waals surface area contributed by atoms with Crippen LogP contribution in [0.25, 0.3) is 66.1 Å². The van der Waals surface area contributed by atoms with E-state index in [1.807, 2.05) is 24.7 Å². The predicted molar refractivity (Wildman–Crippen MR) is 172 cm³/mol. The molecule has 41 heavy (non-hydrogen) atoms. The maximum absolute atomic E-state index is 4.32. The topological polar surface area (TPSA) is 29.9 Å². The average molecular weight is 526 g/mol. The second-order valence-corrected chi connectivity index (χ2v) is 10.5. The van der Waals surface area contributed by atoms with Crippen LogP contribution in [-0.2, 0) is 0 Å². The van der Waals surface area contributed by atoms with Crippen molar-refractivity contribution in [3.63, 3.8) is 0 Å². The Morgan fingerprint density at radius 1 is 0.610 bits per heavy atom. The van der Waals surface area contributed by atoms with E-state index in [1.165, 1.54) is 60.4 Å². The highest BCUT2D eigenvalue weighted by Gasteiger charge is 2.16. The summed E-state index contributed by atoms with van der Waals surface area (Å²) in [6.07, 6.45) is 10.1. The summed E-state index contributed by atoms with van der Waals surface area (Å²) in [6.45, 7) is 0.869. The summed E-state index contributed by atoms with van der Waals surface area (Å²) in [4.78, 5) is 4.32. The molecule has 0 bridgehead atoms. The number of nitrogens with zero attached hydrogens (tertiary/aromatic N) is 2. The van der Waals surface area contributed by atoms with Gasteiger partial charge in [0.05, 0.1) is 11.0 Å². The first-order valence-electron chi connectivity index (χ1n) is 14.0. The molecule has 7 aromatic rings. The van der Waals surface area contributed by atoms with Gasteiger partial charge in [0, 0.05) is 46.3 Å². The zero-order valence-corrected chi connectivity index (χ0v) is 22.5. The number of hydrogen-bond acceptors (Lipinski definition) is 2. The lowest BCUT2D eigenvalue weighted by molar-refractivity contribution is 0.976. The van der Waals surface area contributed by atoms with E-state index in [4.69, 9.17) is 0 Å². The lowest BCUT2D eigenvalue weighted by Crippen LogP contribution is -2.08. The van der Waals surface area contributed by atoms with Crippen LogP contribution < -0.4 is 5.32 Å². The van der Waals surface area contributed by atoms with E-state index < -0.39 is 0 Å². The van der Waals surface area contributed by atoms with Crippen LogP contribution >= 0.6 is 0 Å². The normalized spacial score (nSPS) is 13.0. The molecule has 194 valence electrons. The van der Waals surface area contributed by atoms with Gasteiger partial charge in [-0.3, -0.25) is 4.98 Å². The molecule has 1 aliphatic rings. The molecule has 1 aliphatic heterocycles. The van der Waals surface area contributed by atoms with Crippen LogP contribution in [0.5, 0.6) is 0 Å². The summed E-state index contributed by atoms with van der Waals surface area (Å²) in [5.41, 5.74) is 10.8. The van der Waals surface area contributed by atoms with E-state index in [1.54, 1.807) is 0 Å². The van der Waals surface area contributed by atoms with Crippen molar-refractivity contribution in [2.45, 2.75) is 0 Å². The SMILES string of the molecule is C1=CC(c2ccc(-c3ccc4c5ccc6cc(-c7cccnc7)ccc6c5n(-c5ccccc5)c4c3)cc2)=CCN1. The van der Waals surface area contributed by atoms with Crippen molar-refractivity contribution in [2.24, 2.45) is 0 Å². The molecule has 8 rings (SSSR count). The van der Waals surface area contributed by atoms with Crippen LogP contribution in [0.4, 0.5) is 0 Å². The first-order chi connectivity index (χ1) is 20.3. The second-order valence-electron chi connectivity index (χ2n) is 10.5. The number of para-hydroxylation sites is 1. The highest BCUT2D eigenvalue weighted by molar-refractivity contribution is 6.19. The molecule has 0 spiro atoms. The quantitative estimate of drug-likeness (QED) is 0.248. The number of rotatable bonds is 4. The van der Waals surface area contributed by atoms with Gasteiger partial charge in [-0.15, -0.1) is 0 Å². The van der Waals surface area contributed by atoms with Gasteiger partial charge < -0.3 is 9.88 Å². The monoisotopic (exact) mass is 525 g/mol. The number of dihydropyridines is 1. The molecular formula is C38H27N3. The fourth-order valence-corrected chi connectivity index (χ4v) is 6.10. The summed E-state index contributed by atoms with van der Waals surface area (Å²) >= 11 is 0. The highest BCUT2D eigenvalue weighted by Crippen LogP contribution is 2.39. The molecule has 5 aromatic carbocycles. The van der Waals surface area contributed by atoms with E-state index in [2.05, 4.69) is 136 Å². The maximum Gasteiger partial charge on any atom is 0.0619 e. The molecule has 3 heteroatoms. The lowest BCUT2D eigenvalue weighted by Gasteiger charge is -2.12. The number of aromatic nitrogens is 2. The first-order valence-corrected chi connectivity index (χ1v) is 14.0. The van der Waals surface area contributed by atoms with Crippen molar-refractivity contribution < 1.29 is 0 Å². The summed E-state index contributed by atoms with van der Waals surface area (Å²) in [5.74, 6) is 0. The minimum atomic E-state index is 0.869. The molecule has 0 saturated heterocycles. The molecule has 2 aromatic heterocycles. The minimum absolute atomic E-state index is 0.869. The first kappa shape index (κ1) is 23.5. The zero-order valence-electron chi connectivity index (χ0n) is 22.5. The Morgan fingerprint density at radius 3 is 2.15 bits per heavy atom. The summed E-state index contributed by atoms with van der Waals surface area (Å²) in [5, 5.41) is 8.20. The standard InChI is InChI=1S/C38H27N3/c1-2-6-33(7-3-1)41-37-24-30(27-10-8-26(9-11-27)28-18-21-39-22-19-28)13-16-35(37)36-17-14-31-23-29(12-15-34(31)38(36)41)32-5-4-20-40-25-32/h1-21,23-25,39H,22H2. The smallest absolute Gasteiger partial charge is 0.0619 e. The van der Waals surface area contributed by atoms with Gasteiger partial charge in [-0.1, -0.05) is 91.0 Å². The number of pyridine rings is 1. The van der Waals surface area contributed by atoms with Crippen molar-refractivity contribution in [1.29, 1.82) is 0 Å². The Kier molecular flexibility index (Phi) is 5.53. The highest BCUT2D eigenvalue weighted by atomic mass is 15.0. The Hall–Kier alpha value is -5.41. The molecule has 3 nitrogen and oxygen atoms in total. The minimum Gasteiger partial charge on any atom is -0.387 e. The summed E-state index contributed by atoms with van der Waals surface area (Å²) < 4.78 is 2.43. The molecule has 0 amide bonds. The van der Waals surface area contributed by atoms with E-state index in [9.17, 15) is 0 Å². The number of hydrogen-bond donors (Lipinski definition) is 1. The van der Waals surface area contributed by atoms with Crippen LogP contribution in [-0.4, -0.2) is 16.1 Å². The molecule has 0 atom stereocenters. The zero-order chi connectivity index (χ0) is 27.2. The van der Waals surface area contributed by atoms with Crippen molar-refractivity contribution in [2.75, 3.05) is 6.54 Å². The van der Waals surface area contributed by atoms with Crippen molar-refractivity contribution in [1.82, 2.24) is 14.9 Å². The van der Waals surface area contributed by atoms with Crippen LogP contribution in [0.2, 0.25) is 0 Å². The lowest BCUT2D eigenvalue weighted by atomic mass is 9.98. The Balaban J connectivity index is 1.33. The fraction of sp³-hybridized carbons (Fsp3) is 0.0263. The van der Waals surface area contributed by atoms with Crippen LogP contribution in [0.3, 0.4) is 0 Å². The van der Waals surface area contributed by atoms with Gasteiger partial charge in [0.15, 0.2) is 0 Å². The third kappa shape index (κ3) is 4.02. The van der Waals surface area contributed by atoms with Gasteiger partial charge in [-0.2, -0.15) is 0 Å². The molecule has 0 radical (unpaired) electrons. The molecular weight excluding hydrogens is 498 g/mol. The van der Waals surface area contributed by atoms with E-state index in [0.29, 0.717) is 0 Å². The van der Waals surface area contributed by atoms with Crippen LogP contribution in [0, 0.1) is 0 Å². The maximum atomic E-state index is 4.32. The van der Waals surface area contributed by atoms with Gasteiger partial charge in [-0.05, 0) is 75.8 Å². The van der Waals surface area contributed by atoms with E-state index >= 15 is 0 Å². The molecule has 0 saturated carbocycles. The Bertz CT molecular complexity index is 2120. The largest absolute Gasteiger partial charge is 0.387 e. The third-order valence-electron chi connectivity index (χ3n) is 8.13. The third-order valence-corrected chi connectivity index (χ3v) is 8.13. The molecule has 0 aliphatic carbocycles. The van der Waals surface area contributed by atoms with Gasteiger partial charge >= 0.3 is 0 Å². The predicted octanol–water partition coefficient (Wildman–Crippen LogP) is 9.17. The summed E-state index contributed by atoms with van der Waals surface area (Å²) in [7, 11) is 0. The van der Waals surface area contributed by atoms with Crippen molar-refractivity contribution in [3.8, 4) is 27.9 Å². The van der Waals surface area contributed by atoms with E-state index in [0.717, 1.165) is 17.8 Å². The van der Waals surface area contributed by atoms with Crippen LogP contribution in [0.1, 0.15) is 5.56 Å². The van der Waals surface area contributed by atoms with Gasteiger partial charge in [0.1, 0.15) is 0 Å². The fourth-order valence-electron chi connectivity index (χ4n) is 6.10. The number of benzene rings is 5. The number of fused-ring (bicyclic) bond motifs is 5. The molecule has 0 fully saturated rings. The second kappa shape index (κ2) is 9.65. The molecule has 3 heterocycles. The van der Waals surface area contributed by atoms with Crippen molar-refractivity contribution >= 4 is 38.2 Å². The van der Waals surface area contributed by atoms with Crippen LogP contribution in [0.15, 0.2) is 146 Å². The molecule has 0 unspecified atom stereocenters. The van der Waals surface area contributed by atoms with Gasteiger partial charge in [0.2, 0.25) is 0 Å². The number of allylic oxidation sites excluding steroid dienone is 2. The van der Waals surface area contributed by atoms with Gasteiger partial charge in [-0.25, -0.2) is 0 Å². The Labute approximate surface area is 238 Å².